The Balaban J connectivity index is 1.39. The van der Waals surface area contributed by atoms with Gasteiger partial charge in [0.2, 0.25) is 0 Å². The van der Waals surface area contributed by atoms with Gasteiger partial charge in [-0.15, -0.1) is 11.3 Å². The van der Waals surface area contributed by atoms with Crippen LogP contribution in [0.3, 0.4) is 0 Å². The molecule has 0 bridgehead atoms. The fraction of sp³-hybridized carbons (Fsp3) is 0.474. The second-order valence-corrected chi connectivity index (χ2v) is 7.91. The molecule has 6 heteroatoms. The molecule has 1 unspecified atom stereocenters. The van der Waals surface area contributed by atoms with Gasteiger partial charge >= 0.3 is 0 Å². The van der Waals surface area contributed by atoms with Crippen LogP contribution >= 0.6 is 11.3 Å². The highest BCUT2D eigenvalue weighted by Gasteiger charge is 2.26. The van der Waals surface area contributed by atoms with E-state index in [1.54, 1.807) is 11.3 Å². The summed E-state index contributed by atoms with van der Waals surface area (Å²) in [6.45, 7) is 5.67. The third kappa shape index (κ3) is 3.92. The molecule has 1 atom stereocenters. The van der Waals surface area contributed by atoms with Gasteiger partial charge in [-0.25, -0.2) is 4.98 Å². The zero-order valence-corrected chi connectivity index (χ0v) is 15.3. The normalized spacial score (nSPS) is 20.4. The maximum Gasteiger partial charge on any atom is 0.255 e. The van der Waals surface area contributed by atoms with Crippen molar-refractivity contribution in [2.45, 2.75) is 45.4 Å². The number of carbonyl (C=O) groups is 1. The quantitative estimate of drug-likeness (QED) is 0.913. The molecular weight excluding hydrogens is 334 g/mol. The molecule has 0 radical (unpaired) electrons. The monoisotopic (exact) mass is 357 g/mol. The Morgan fingerprint density at radius 2 is 2.40 bits per heavy atom. The second-order valence-electron chi connectivity index (χ2n) is 6.83. The molecular formula is C19H23N3O2S. The van der Waals surface area contributed by atoms with Crippen LogP contribution in [0.25, 0.3) is 0 Å². The Morgan fingerprint density at radius 1 is 1.48 bits per heavy atom. The number of aromatic nitrogens is 1. The lowest BCUT2D eigenvalue weighted by molar-refractivity contribution is -0.124. The van der Waals surface area contributed by atoms with Crippen molar-refractivity contribution in [3.05, 3.63) is 46.0 Å². The highest BCUT2D eigenvalue weighted by molar-refractivity contribution is 7.15. The molecule has 1 fully saturated rings. The molecule has 0 spiro atoms. The summed E-state index contributed by atoms with van der Waals surface area (Å²) in [5.74, 6) is -0.0554. The summed E-state index contributed by atoms with van der Waals surface area (Å²) in [7, 11) is 0. The van der Waals surface area contributed by atoms with Gasteiger partial charge in [0.1, 0.15) is 6.10 Å². The van der Waals surface area contributed by atoms with E-state index < -0.39 is 0 Å². The highest BCUT2D eigenvalue weighted by atomic mass is 32.1. The largest absolute Gasteiger partial charge is 0.368 e. The molecule has 4 rings (SSSR count). The number of thiazole rings is 1. The van der Waals surface area contributed by atoms with Crippen molar-refractivity contribution in [2.24, 2.45) is 0 Å². The zero-order valence-electron chi connectivity index (χ0n) is 14.5. The lowest BCUT2D eigenvalue weighted by atomic mass is 10.1. The number of aryl methyl sites for hydroxylation is 1. The van der Waals surface area contributed by atoms with Crippen LogP contribution in [0.2, 0.25) is 0 Å². The molecule has 2 aliphatic rings. The van der Waals surface area contributed by atoms with E-state index in [0.717, 1.165) is 44.6 Å². The molecule has 25 heavy (non-hydrogen) atoms. The number of hydrogen-bond acceptors (Lipinski definition) is 5. The van der Waals surface area contributed by atoms with Crippen molar-refractivity contribution in [1.29, 1.82) is 0 Å². The Morgan fingerprint density at radius 3 is 3.20 bits per heavy atom. The number of nitrogens with zero attached hydrogens (tertiary/aromatic N) is 2. The average Bonchev–Trinajstić information content (AvgIpc) is 3.23. The lowest BCUT2D eigenvalue weighted by Gasteiger charge is -2.25. The van der Waals surface area contributed by atoms with Crippen LogP contribution in [-0.4, -0.2) is 35.0 Å². The fourth-order valence-electron chi connectivity index (χ4n) is 3.48. The first-order chi connectivity index (χ1) is 12.2. The van der Waals surface area contributed by atoms with E-state index in [1.165, 1.54) is 16.0 Å². The summed E-state index contributed by atoms with van der Waals surface area (Å²) in [5, 5.41) is 3.65. The fourth-order valence-corrected chi connectivity index (χ4v) is 4.53. The number of benzene rings is 1. The van der Waals surface area contributed by atoms with E-state index in [9.17, 15) is 4.79 Å². The Kier molecular flexibility index (Phi) is 4.83. The van der Waals surface area contributed by atoms with Crippen LogP contribution in [0.4, 0.5) is 5.13 Å². The van der Waals surface area contributed by atoms with Gasteiger partial charge in [0.15, 0.2) is 5.13 Å². The maximum absolute atomic E-state index is 12.2. The molecule has 0 aliphatic carbocycles. The van der Waals surface area contributed by atoms with Gasteiger partial charge in [-0.2, -0.15) is 0 Å². The van der Waals surface area contributed by atoms with Gasteiger partial charge < -0.3 is 4.74 Å². The van der Waals surface area contributed by atoms with Crippen molar-refractivity contribution < 1.29 is 9.53 Å². The van der Waals surface area contributed by atoms with Crippen LogP contribution in [-0.2, 0) is 29.0 Å². The van der Waals surface area contributed by atoms with E-state index in [2.05, 4.69) is 46.4 Å². The summed E-state index contributed by atoms with van der Waals surface area (Å²) >= 11 is 1.60. The van der Waals surface area contributed by atoms with Gasteiger partial charge in [0, 0.05) is 37.5 Å². The Bertz CT molecular complexity index is 768. The lowest BCUT2D eigenvalue weighted by Crippen LogP contribution is -2.29. The Hall–Kier alpha value is -1.76. The Labute approximate surface area is 152 Å². The summed E-state index contributed by atoms with van der Waals surface area (Å²) in [6, 6.07) is 8.67. The average molecular weight is 357 g/mol. The topological polar surface area (TPSA) is 54.5 Å². The molecule has 1 aromatic heterocycles. The maximum atomic E-state index is 12.2. The van der Waals surface area contributed by atoms with Crippen molar-refractivity contribution in [3.8, 4) is 0 Å². The minimum absolute atomic E-state index is 0.0554. The number of ether oxygens (including phenoxy) is 1. The molecule has 1 N–H and O–H groups in total. The molecule has 3 heterocycles. The van der Waals surface area contributed by atoms with Gasteiger partial charge in [0.05, 0.1) is 5.69 Å². The first kappa shape index (κ1) is 16.7. The van der Waals surface area contributed by atoms with Gasteiger partial charge in [-0.3, -0.25) is 15.0 Å². The van der Waals surface area contributed by atoms with Crippen LogP contribution in [0.5, 0.6) is 0 Å². The second kappa shape index (κ2) is 7.23. The number of fused-ring (bicyclic) bond motifs is 1. The molecule has 0 saturated carbocycles. The highest BCUT2D eigenvalue weighted by Crippen LogP contribution is 2.29. The first-order valence-corrected chi connectivity index (χ1v) is 9.68. The van der Waals surface area contributed by atoms with E-state index in [1.807, 2.05) is 0 Å². The molecule has 2 aromatic rings. The number of anilines is 1. The molecule has 132 valence electrons. The van der Waals surface area contributed by atoms with E-state index in [0.29, 0.717) is 11.7 Å². The minimum Gasteiger partial charge on any atom is -0.368 e. The van der Waals surface area contributed by atoms with Crippen molar-refractivity contribution in [2.75, 3.05) is 18.5 Å². The SMILES string of the molecule is Cc1cccc(CN2CCc3nc(NC(=O)C4CCCO4)sc3C2)c1. The van der Waals surface area contributed by atoms with Gasteiger partial charge in [0.25, 0.3) is 5.91 Å². The van der Waals surface area contributed by atoms with Crippen molar-refractivity contribution in [1.82, 2.24) is 9.88 Å². The number of rotatable bonds is 4. The number of nitrogens with one attached hydrogen (secondary N) is 1. The van der Waals surface area contributed by atoms with E-state index >= 15 is 0 Å². The molecule has 2 aliphatic heterocycles. The van der Waals surface area contributed by atoms with E-state index in [-0.39, 0.29) is 12.0 Å². The number of hydrogen-bond donors (Lipinski definition) is 1. The third-order valence-electron chi connectivity index (χ3n) is 4.75. The number of carbonyl (C=O) groups excluding carboxylic acids is 1. The minimum atomic E-state index is -0.307. The van der Waals surface area contributed by atoms with Gasteiger partial charge in [-0.1, -0.05) is 29.8 Å². The summed E-state index contributed by atoms with van der Waals surface area (Å²) < 4.78 is 5.44. The van der Waals surface area contributed by atoms with Gasteiger partial charge in [-0.05, 0) is 25.3 Å². The summed E-state index contributed by atoms with van der Waals surface area (Å²) in [6.07, 6.45) is 2.40. The van der Waals surface area contributed by atoms with Crippen LogP contribution in [0.15, 0.2) is 24.3 Å². The standard InChI is InChI=1S/C19H23N3O2S/c1-13-4-2-5-14(10-13)11-22-8-7-15-17(12-22)25-19(20-15)21-18(23)16-6-3-9-24-16/h2,4-5,10,16H,3,6-9,11-12H2,1H3,(H,20,21,23). The summed E-state index contributed by atoms with van der Waals surface area (Å²) in [4.78, 5) is 20.5. The van der Waals surface area contributed by atoms with E-state index in [4.69, 9.17) is 4.74 Å². The molecule has 1 saturated heterocycles. The smallest absolute Gasteiger partial charge is 0.255 e. The predicted octanol–water partition coefficient (Wildman–Crippen LogP) is 3.13. The molecule has 5 nitrogen and oxygen atoms in total. The zero-order chi connectivity index (χ0) is 17.2. The number of amides is 1. The third-order valence-corrected chi connectivity index (χ3v) is 5.75. The summed E-state index contributed by atoms with van der Waals surface area (Å²) in [5.41, 5.74) is 3.78. The molecule has 1 aromatic carbocycles. The van der Waals surface area contributed by atoms with Crippen molar-refractivity contribution >= 4 is 22.4 Å². The van der Waals surface area contributed by atoms with Crippen LogP contribution in [0.1, 0.15) is 34.5 Å². The van der Waals surface area contributed by atoms with Crippen LogP contribution < -0.4 is 5.32 Å². The van der Waals surface area contributed by atoms with Crippen LogP contribution in [0, 0.1) is 6.92 Å². The predicted molar refractivity (Wildman–Crippen MR) is 98.7 cm³/mol. The molecule has 1 amide bonds. The van der Waals surface area contributed by atoms with Crippen molar-refractivity contribution in [3.63, 3.8) is 0 Å². The first-order valence-electron chi connectivity index (χ1n) is 8.86.